The number of rotatable bonds is 7. The summed E-state index contributed by atoms with van der Waals surface area (Å²) >= 11 is 0. The van der Waals surface area contributed by atoms with Crippen LogP contribution in [-0.2, 0) is 14.3 Å². The molecular formula is C26H33NO5. The molecule has 0 aromatic heterocycles. The number of carbonyl (C=O) groups is 2. The first kappa shape index (κ1) is 23.6. The summed E-state index contributed by atoms with van der Waals surface area (Å²) in [5, 5.41) is 3.34. The van der Waals surface area contributed by atoms with E-state index < -0.39 is 11.9 Å². The fourth-order valence-corrected chi connectivity index (χ4v) is 4.43. The predicted octanol–water partition coefficient (Wildman–Crippen LogP) is 4.82. The van der Waals surface area contributed by atoms with Gasteiger partial charge in [-0.2, -0.15) is 0 Å². The highest BCUT2D eigenvalue weighted by Gasteiger charge is 2.43. The molecule has 0 saturated carbocycles. The van der Waals surface area contributed by atoms with Crippen LogP contribution in [0, 0.1) is 5.41 Å². The molecule has 2 aliphatic rings. The Hall–Kier alpha value is -3.02. The van der Waals surface area contributed by atoms with Crippen molar-refractivity contribution in [3.8, 4) is 11.5 Å². The molecule has 0 spiro atoms. The van der Waals surface area contributed by atoms with Crippen LogP contribution in [-0.4, -0.2) is 32.1 Å². The minimum absolute atomic E-state index is 0.0459. The van der Waals surface area contributed by atoms with Gasteiger partial charge in [-0.05, 0) is 55.9 Å². The number of nitrogens with one attached hydrogen (secondary N) is 1. The van der Waals surface area contributed by atoms with Gasteiger partial charge in [0, 0.05) is 29.3 Å². The van der Waals surface area contributed by atoms with Crippen molar-refractivity contribution in [2.75, 3.05) is 20.3 Å². The Labute approximate surface area is 190 Å². The second-order valence-corrected chi connectivity index (χ2v) is 9.31. The molecular weight excluding hydrogens is 406 g/mol. The highest BCUT2D eigenvalue weighted by atomic mass is 16.5. The van der Waals surface area contributed by atoms with Gasteiger partial charge in [-0.15, -0.1) is 0 Å². The number of carbonyl (C=O) groups excluding carboxylic acids is 2. The number of ketones is 1. The molecule has 0 saturated heterocycles. The van der Waals surface area contributed by atoms with Gasteiger partial charge in [0.25, 0.3) is 0 Å². The van der Waals surface area contributed by atoms with Gasteiger partial charge in [0.2, 0.25) is 0 Å². The molecule has 1 N–H and O–H groups in total. The molecule has 1 atom stereocenters. The highest BCUT2D eigenvalue weighted by molar-refractivity contribution is 6.04. The molecule has 32 heavy (non-hydrogen) atoms. The molecule has 172 valence electrons. The quantitative estimate of drug-likeness (QED) is 0.485. The fourth-order valence-electron chi connectivity index (χ4n) is 4.43. The molecule has 1 aliphatic heterocycles. The number of methoxy groups -OCH3 is 1. The van der Waals surface area contributed by atoms with Crippen LogP contribution in [0.2, 0.25) is 0 Å². The molecule has 6 heteroatoms. The number of allylic oxidation sites excluding steroid dienone is 3. The Kier molecular flexibility index (Phi) is 6.82. The summed E-state index contributed by atoms with van der Waals surface area (Å²) in [7, 11) is 1.57. The van der Waals surface area contributed by atoms with Crippen molar-refractivity contribution in [3.05, 3.63) is 58.5 Å². The third kappa shape index (κ3) is 4.74. The van der Waals surface area contributed by atoms with Crippen molar-refractivity contribution >= 4 is 11.8 Å². The van der Waals surface area contributed by atoms with Crippen molar-refractivity contribution in [1.82, 2.24) is 5.32 Å². The Balaban J connectivity index is 2.14. The molecule has 0 radical (unpaired) electrons. The number of benzene rings is 1. The minimum atomic E-state index is -0.530. The molecule has 1 aromatic carbocycles. The first-order valence-electron chi connectivity index (χ1n) is 10.9. The van der Waals surface area contributed by atoms with Gasteiger partial charge in [-0.25, -0.2) is 4.79 Å². The third-order valence-corrected chi connectivity index (χ3v) is 5.73. The summed E-state index contributed by atoms with van der Waals surface area (Å²) in [6.45, 7) is 14.2. The molecule has 1 unspecified atom stereocenters. The fraction of sp³-hybridized carbons (Fsp3) is 0.462. The van der Waals surface area contributed by atoms with Gasteiger partial charge < -0.3 is 19.5 Å². The number of hydrogen-bond acceptors (Lipinski definition) is 6. The van der Waals surface area contributed by atoms with Gasteiger partial charge in [-0.3, -0.25) is 4.79 Å². The molecule has 0 fully saturated rings. The third-order valence-electron chi connectivity index (χ3n) is 5.73. The van der Waals surface area contributed by atoms with Crippen LogP contribution in [0.3, 0.4) is 0 Å². The molecule has 0 bridgehead atoms. The van der Waals surface area contributed by atoms with Crippen LogP contribution in [0.1, 0.15) is 58.9 Å². The zero-order valence-electron chi connectivity index (χ0n) is 19.9. The van der Waals surface area contributed by atoms with Gasteiger partial charge in [0.05, 0.1) is 19.3 Å². The highest BCUT2D eigenvalue weighted by Crippen LogP contribution is 2.47. The average Bonchev–Trinajstić information content (AvgIpc) is 2.70. The standard InChI is InChI=1S/C26H33NO5/c1-8-31-25(29)22-16(4)27-18-12-26(5,6)13-19(28)24(18)23(22)17-9-10-20(21(11-17)30-7)32-14-15(2)3/h9-11,23,27H,2,8,12-14H2,1,3-7H3. The second kappa shape index (κ2) is 9.23. The van der Waals surface area contributed by atoms with Gasteiger partial charge in [0.15, 0.2) is 17.3 Å². The Morgan fingerprint density at radius 2 is 1.97 bits per heavy atom. The SMILES string of the molecule is C=C(C)COc1ccc(C2C(C(=O)OCC)=C(C)NC3=C2C(=O)CC(C)(C)C3)cc1OC. The van der Waals surface area contributed by atoms with Crippen LogP contribution in [0.25, 0.3) is 0 Å². The first-order valence-corrected chi connectivity index (χ1v) is 10.9. The minimum Gasteiger partial charge on any atom is -0.493 e. The summed E-state index contributed by atoms with van der Waals surface area (Å²) in [5.41, 5.74) is 4.21. The van der Waals surface area contributed by atoms with E-state index in [2.05, 4.69) is 25.7 Å². The van der Waals surface area contributed by atoms with Crippen molar-refractivity contribution in [2.45, 2.75) is 53.4 Å². The van der Waals surface area contributed by atoms with E-state index in [1.54, 1.807) is 14.0 Å². The van der Waals surface area contributed by atoms with E-state index in [0.29, 0.717) is 41.4 Å². The number of dihydropyridines is 1. The van der Waals surface area contributed by atoms with Crippen molar-refractivity contribution in [3.63, 3.8) is 0 Å². The Morgan fingerprint density at radius 1 is 1.25 bits per heavy atom. The van der Waals surface area contributed by atoms with Gasteiger partial charge in [0.1, 0.15) is 6.61 Å². The number of esters is 1. The van der Waals surface area contributed by atoms with Crippen molar-refractivity contribution in [1.29, 1.82) is 0 Å². The van der Waals surface area contributed by atoms with E-state index in [0.717, 1.165) is 23.3 Å². The summed E-state index contributed by atoms with van der Waals surface area (Å²) in [6, 6.07) is 5.54. The van der Waals surface area contributed by atoms with Crippen LogP contribution >= 0.6 is 0 Å². The molecule has 1 aliphatic carbocycles. The average molecular weight is 440 g/mol. The lowest BCUT2D eigenvalue weighted by molar-refractivity contribution is -0.138. The largest absolute Gasteiger partial charge is 0.493 e. The summed E-state index contributed by atoms with van der Waals surface area (Å²) in [6.07, 6.45) is 1.16. The molecule has 6 nitrogen and oxygen atoms in total. The summed E-state index contributed by atoms with van der Waals surface area (Å²) in [5.74, 6) is 0.210. The maximum atomic E-state index is 13.3. The number of hydrogen-bond donors (Lipinski definition) is 1. The maximum Gasteiger partial charge on any atom is 0.336 e. The van der Waals surface area contributed by atoms with Crippen LogP contribution in [0.5, 0.6) is 11.5 Å². The van der Waals surface area contributed by atoms with E-state index in [1.807, 2.05) is 32.0 Å². The Morgan fingerprint density at radius 3 is 2.59 bits per heavy atom. The summed E-state index contributed by atoms with van der Waals surface area (Å²) in [4.78, 5) is 26.3. The lowest BCUT2D eigenvalue weighted by Crippen LogP contribution is -2.38. The van der Waals surface area contributed by atoms with E-state index in [9.17, 15) is 9.59 Å². The molecule has 1 aromatic rings. The number of Topliss-reactive ketones (excluding diaryl/α,β-unsaturated/α-hetero) is 1. The molecule has 3 rings (SSSR count). The van der Waals surface area contributed by atoms with Gasteiger partial charge >= 0.3 is 5.97 Å². The van der Waals surface area contributed by atoms with E-state index in [4.69, 9.17) is 14.2 Å². The van der Waals surface area contributed by atoms with E-state index in [-0.39, 0.29) is 17.8 Å². The smallest absolute Gasteiger partial charge is 0.336 e. The zero-order valence-corrected chi connectivity index (χ0v) is 19.9. The van der Waals surface area contributed by atoms with Crippen molar-refractivity contribution < 1.29 is 23.8 Å². The zero-order chi connectivity index (χ0) is 23.6. The molecule has 0 amide bonds. The van der Waals surface area contributed by atoms with E-state index in [1.165, 1.54) is 0 Å². The Bertz CT molecular complexity index is 1020. The monoisotopic (exact) mass is 439 g/mol. The van der Waals surface area contributed by atoms with Crippen LogP contribution in [0.15, 0.2) is 52.9 Å². The predicted molar refractivity (Wildman–Crippen MR) is 124 cm³/mol. The first-order chi connectivity index (χ1) is 15.1. The molecule has 1 heterocycles. The normalized spacial score (nSPS) is 19.8. The van der Waals surface area contributed by atoms with Crippen LogP contribution in [0.4, 0.5) is 0 Å². The topological polar surface area (TPSA) is 73.9 Å². The van der Waals surface area contributed by atoms with Gasteiger partial charge in [-0.1, -0.05) is 26.5 Å². The summed E-state index contributed by atoms with van der Waals surface area (Å²) < 4.78 is 16.7. The lowest BCUT2D eigenvalue weighted by Gasteiger charge is -2.39. The second-order valence-electron chi connectivity index (χ2n) is 9.31. The van der Waals surface area contributed by atoms with E-state index >= 15 is 0 Å². The van der Waals surface area contributed by atoms with Crippen molar-refractivity contribution in [2.24, 2.45) is 5.41 Å². The lowest BCUT2D eigenvalue weighted by atomic mass is 9.68. The number of ether oxygens (including phenoxy) is 3. The maximum absolute atomic E-state index is 13.3. The van der Waals surface area contributed by atoms with Crippen LogP contribution < -0.4 is 14.8 Å².